The number of nitrogens with one attached hydrogen (secondary N) is 1. The maximum Gasteiger partial charge on any atom is 0.293 e. The van der Waals surface area contributed by atoms with Crippen LogP contribution in [0.2, 0.25) is 0 Å². The second-order valence-electron chi connectivity index (χ2n) is 6.32. The smallest absolute Gasteiger partial charge is 0.293 e. The first-order valence-electron chi connectivity index (χ1n) is 7.20. The summed E-state index contributed by atoms with van der Waals surface area (Å²) in [7, 11) is 0. The summed E-state index contributed by atoms with van der Waals surface area (Å²) in [6.07, 6.45) is 5.89. The van der Waals surface area contributed by atoms with Crippen LogP contribution in [0.5, 0.6) is 0 Å². The van der Waals surface area contributed by atoms with Crippen LogP contribution >= 0.6 is 0 Å². The number of aromatic nitrogens is 3. The third-order valence-corrected chi connectivity index (χ3v) is 3.53. The number of hydrogen-bond donors (Lipinski definition) is 1. The van der Waals surface area contributed by atoms with Gasteiger partial charge in [-0.25, -0.2) is 4.98 Å². The molecule has 0 saturated carbocycles. The lowest BCUT2D eigenvalue weighted by molar-refractivity contribution is 0.0730. The molecule has 0 spiro atoms. The molecule has 19 heavy (non-hydrogen) atoms. The first-order chi connectivity index (χ1) is 8.98. The van der Waals surface area contributed by atoms with Gasteiger partial charge >= 0.3 is 0 Å². The van der Waals surface area contributed by atoms with Crippen LogP contribution in [0.4, 0.5) is 0 Å². The van der Waals surface area contributed by atoms with Gasteiger partial charge < -0.3 is 4.90 Å². The molecule has 2 rings (SSSR count). The van der Waals surface area contributed by atoms with Crippen molar-refractivity contribution < 1.29 is 4.79 Å². The minimum absolute atomic E-state index is 0.0337. The number of likely N-dealkylation sites (tertiary alicyclic amines) is 1. The van der Waals surface area contributed by atoms with Gasteiger partial charge in [0.1, 0.15) is 5.82 Å². The second-order valence-corrected chi connectivity index (χ2v) is 6.32. The van der Waals surface area contributed by atoms with Crippen LogP contribution < -0.4 is 0 Å². The lowest BCUT2D eigenvalue weighted by Crippen LogP contribution is -2.34. The molecule has 0 radical (unpaired) electrons. The van der Waals surface area contributed by atoms with E-state index in [1.165, 1.54) is 19.3 Å². The number of hydrogen-bond acceptors (Lipinski definition) is 3. The minimum atomic E-state index is -0.109. The summed E-state index contributed by atoms with van der Waals surface area (Å²) in [6.45, 7) is 7.82. The number of nitrogens with zero attached hydrogens (tertiary/aromatic N) is 3. The zero-order valence-electron chi connectivity index (χ0n) is 12.2. The molecule has 0 aliphatic carbocycles. The molecule has 0 bridgehead atoms. The predicted octanol–water partition coefficient (Wildman–Crippen LogP) is 2.51. The van der Waals surface area contributed by atoms with E-state index in [9.17, 15) is 4.79 Å². The van der Waals surface area contributed by atoms with E-state index in [1.807, 2.05) is 4.90 Å². The molecular formula is C14H24N4O. The zero-order chi connectivity index (χ0) is 13.9. The molecule has 5 heteroatoms. The Morgan fingerprint density at radius 1 is 1.11 bits per heavy atom. The highest BCUT2D eigenvalue weighted by molar-refractivity contribution is 5.90. The highest BCUT2D eigenvalue weighted by atomic mass is 16.2. The van der Waals surface area contributed by atoms with Crippen molar-refractivity contribution >= 4 is 5.91 Å². The zero-order valence-corrected chi connectivity index (χ0v) is 12.2. The van der Waals surface area contributed by atoms with E-state index in [0.717, 1.165) is 31.8 Å². The molecular weight excluding hydrogens is 240 g/mol. The van der Waals surface area contributed by atoms with Crippen molar-refractivity contribution in [3.05, 3.63) is 11.6 Å². The number of aromatic amines is 1. The van der Waals surface area contributed by atoms with Crippen LogP contribution in [-0.4, -0.2) is 39.1 Å². The molecule has 106 valence electrons. The summed E-state index contributed by atoms with van der Waals surface area (Å²) in [4.78, 5) is 18.6. The first kappa shape index (κ1) is 14.0. The fraction of sp³-hybridized carbons (Fsp3) is 0.786. The van der Waals surface area contributed by atoms with Crippen molar-refractivity contribution in [2.24, 2.45) is 0 Å². The Morgan fingerprint density at radius 3 is 2.21 bits per heavy atom. The predicted molar refractivity (Wildman–Crippen MR) is 74.1 cm³/mol. The van der Waals surface area contributed by atoms with Crippen LogP contribution in [-0.2, 0) is 5.41 Å². The van der Waals surface area contributed by atoms with Gasteiger partial charge in [-0.15, -0.1) is 5.10 Å². The number of H-pyrrole nitrogens is 1. The van der Waals surface area contributed by atoms with Crippen molar-refractivity contribution in [1.82, 2.24) is 20.1 Å². The summed E-state index contributed by atoms with van der Waals surface area (Å²) in [5.41, 5.74) is -0.109. The van der Waals surface area contributed by atoms with Gasteiger partial charge in [0, 0.05) is 18.5 Å². The van der Waals surface area contributed by atoms with Crippen molar-refractivity contribution in [2.45, 2.75) is 58.3 Å². The summed E-state index contributed by atoms with van der Waals surface area (Å²) in [5.74, 6) is 1.04. The van der Waals surface area contributed by atoms with E-state index < -0.39 is 0 Å². The number of carbonyl (C=O) groups excluding carboxylic acids is 1. The van der Waals surface area contributed by atoms with Crippen molar-refractivity contribution in [1.29, 1.82) is 0 Å². The molecule has 1 aliphatic heterocycles. The molecule has 1 saturated heterocycles. The van der Waals surface area contributed by atoms with E-state index in [1.54, 1.807) is 0 Å². The lowest BCUT2D eigenvalue weighted by Gasteiger charge is -2.23. The van der Waals surface area contributed by atoms with E-state index in [2.05, 4.69) is 36.0 Å². The van der Waals surface area contributed by atoms with Crippen LogP contribution in [0.25, 0.3) is 0 Å². The monoisotopic (exact) mass is 264 g/mol. The van der Waals surface area contributed by atoms with Gasteiger partial charge in [0.25, 0.3) is 5.91 Å². The average molecular weight is 264 g/mol. The van der Waals surface area contributed by atoms with E-state index in [0.29, 0.717) is 5.82 Å². The maximum absolute atomic E-state index is 12.4. The Hall–Kier alpha value is -1.39. The third kappa shape index (κ3) is 3.55. The fourth-order valence-electron chi connectivity index (χ4n) is 2.28. The molecule has 0 unspecified atom stereocenters. The van der Waals surface area contributed by atoms with Gasteiger partial charge in [0.05, 0.1) is 0 Å². The summed E-state index contributed by atoms with van der Waals surface area (Å²) >= 11 is 0. The molecule has 1 amide bonds. The molecule has 1 aromatic heterocycles. The third-order valence-electron chi connectivity index (χ3n) is 3.53. The van der Waals surface area contributed by atoms with E-state index in [-0.39, 0.29) is 11.3 Å². The molecule has 2 heterocycles. The maximum atomic E-state index is 12.4. The molecule has 1 fully saturated rings. The van der Waals surface area contributed by atoms with Crippen LogP contribution in [0.3, 0.4) is 0 Å². The van der Waals surface area contributed by atoms with Gasteiger partial charge in [-0.2, -0.15) is 0 Å². The Kier molecular flexibility index (Phi) is 4.22. The Bertz CT molecular complexity index is 425. The van der Waals surface area contributed by atoms with Gasteiger partial charge in [-0.3, -0.25) is 9.89 Å². The minimum Gasteiger partial charge on any atom is -0.336 e. The highest BCUT2D eigenvalue weighted by Gasteiger charge is 2.24. The SMILES string of the molecule is CC(C)(C)c1nc(C(=O)N2CCCCCCC2)n[nH]1. The lowest BCUT2D eigenvalue weighted by atomic mass is 9.96. The van der Waals surface area contributed by atoms with Crippen LogP contribution in [0, 0.1) is 0 Å². The van der Waals surface area contributed by atoms with Crippen molar-refractivity contribution in [3.63, 3.8) is 0 Å². The second kappa shape index (κ2) is 5.72. The molecule has 5 nitrogen and oxygen atoms in total. The van der Waals surface area contributed by atoms with Gasteiger partial charge in [0.2, 0.25) is 5.82 Å². The Morgan fingerprint density at radius 2 is 1.68 bits per heavy atom. The van der Waals surface area contributed by atoms with Gasteiger partial charge in [0.15, 0.2) is 0 Å². The van der Waals surface area contributed by atoms with Gasteiger partial charge in [-0.1, -0.05) is 40.0 Å². The number of carbonyl (C=O) groups is 1. The Balaban J connectivity index is 2.07. The first-order valence-corrected chi connectivity index (χ1v) is 7.20. The summed E-state index contributed by atoms with van der Waals surface area (Å²) in [5, 5.41) is 6.97. The van der Waals surface area contributed by atoms with Crippen molar-refractivity contribution in [3.8, 4) is 0 Å². The van der Waals surface area contributed by atoms with E-state index in [4.69, 9.17) is 0 Å². The number of rotatable bonds is 1. The van der Waals surface area contributed by atoms with Crippen LogP contribution in [0.15, 0.2) is 0 Å². The molecule has 0 atom stereocenters. The average Bonchev–Trinajstić information content (AvgIpc) is 2.76. The normalized spacial score (nSPS) is 17.9. The molecule has 0 aromatic carbocycles. The van der Waals surface area contributed by atoms with E-state index >= 15 is 0 Å². The molecule has 1 N–H and O–H groups in total. The van der Waals surface area contributed by atoms with Gasteiger partial charge in [-0.05, 0) is 12.8 Å². The number of amides is 1. The van der Waals surface area contributed by atoms with Crippen LogP contribution in [0.1, 0.15) is 69.3 Å². The standard InChI is InChI=1S/C14H24N4O/c1-14(2,3)13-15-11(16-17-13)12(19)18-9-7-5-4-6-8-10-18/h4-10H2,1-3H3,(H,15,16,17). The molecule has 1 aliphatic rings. The molecule has 1 aromatic rings. The highest BCUT2D eigenvalue weighted by Crippen LogP contribution is 2.18. The quantitative estimate of drug-likeness (QED) is 0.847. The topological polar surface area (TPSA) is 61.9 Å². The largest absolute Gasteiger partial charge is 0.336 e. The summed E-state index contributed by atoms with van der Waals surface area (Å²) < 4.78 is 0. The van der Waals surface area contributed by atoms with Crippen molar-refractivity contribution in [2.75, 3.05) is 13.1 Å². The fourth-order valence-corrected chi connectivity index (χ4v) is 2.28. The Labute approximate surface area is 114 Å². The summed E-state index contributed by atoms with van der Waals surface area (Å²) in [6, 6.07) is 0.